The fourth-order valence-corrected chi connectivity index (χ4v) is 1.59. The van der Waals surface area contributed by atoms with Gasteiger partial charge in [-0.15, -0.1) is 0 Å². The molecule has 1 heterocycles. The Kier molecular flexibility index (Phi) is 2.65. The molecule has 1 aliphatic heterocycles. The highest BCUT2D eigenvalue weighted by Crippen LogP contribution is 2.21. The van der Waals surface area contributed by atoms with Gasteiger partial charge in [0.1, 0.15) is 0 Å². The normalized spacial score (nSPS) is 35.1. The van der Waals surface area contributed by atoms with E-state index in [2.05, 4.69) is 4.90 Å². The summed E-state index contributed by atoms with van der Waals surface area (Å²) in [6.45, 7) is 1.37. The van der Waals surface area contributed by atoms with E-state index in [4.69, 9.17) is 10.2 Å². The fourth-order valence-electron chi connectivity index (χ4n) is 1.59. The van der Waals surface area contributed by atoms with Crippen LogP contribution in [0.1, 0.15) is 6.42 Å². The van der Waals surface area contributed by atoms with E-state index in [1.807, 2.05) is 7.05 Å². The van der Waals surface area contributed by atoms with Gasteiger partial charge >= 0.3 is 0 Å². The second-order valence-corrected chi connectivity index (χ2v) is 2.96. The zero-order valence-electron chi connectivity index (χ0n) is 6.32. The van der Waals surface area contributed by atoms with Gasteiger partial charge in [-0.3, -0.25) is 0 Å². The van der Waals surface area contributed by atoms with Crippen LogP contribution in [0, 0.1) is 5.92 Å². The van der Waals surface area contributed by atoms with Crippen molar-refractivity contribution in [2.75, 3.05) is 26.8 Å². The summed E-state index contributed by atoms with van der Waals surface area (Å²) < 4.78 is 0. The summed E-state index contributed by atoms with van der Waals surface area (Å²) in [7, 11) is 1.98. The van der Waals surface area contributed by atoms with Crippen molar-refractivity contribution in [3.05, 3.63) is 0 Å². The van der Waals surface area contributed by atoms with Gasteiger partial charge in [-0.2, -0.15) is 0 Å². The minimum absolute atomic E-state index is 0.168. The molecule has 2 unspecified atom stereocenters. The van der Waals surface area contributed by atoms with E-state index in [1.54, 1.807) is 0 Å². The van der Waals surface area contributed by atoms with E-state index in [-0.39, 0.29) is 25.2 Å². The van der Waals surface area contributed by atoms with Crippen LogP contribution in [0.3, 0.4) is 0 Å². The Hall–Kier alpha value is -0.120. The first-order valence-corrected chi connectivity index (χ1v) is 3.71. The zero-order valence-corrected chi connectivity index (χ0v) is 6.32. The number of aliphatic hydroxyl groups is 2. The molecular formula is C7H15NO2. The molecule has 0 amide bonds. The molecule has 2 N–H and O–H groups in total. The van der Waals surface area contributed by atoms with Crippen LogP contribution in [0.4, 0.5) is 0 Å². The number of hydrogen-bond donors (Lipinski definition) is 2. The predicted octanol–water partition coefficient (Wildman–Crippen LogP) is -0.709. The first kappa shape index (κ1) is 7.98. The van der Waals surface area contributed by atoms with Gasteiger partial charge in [0.15, 0.2) is 0 Å². The highest BCUT2D eigenvalue weighted by atomic mass is 16.3. The van der Waals surface area contributed by atoms with Gasteiger partial charge < -0.3 is 15.1 Å². The molecule has 60 valence electrons. The molecule has 10 heavy (non-hydrogen) atoms. The number of likely N-dealkylation sites (N-methyl/N-ethyl adjacent to an activating group) is 1. The molecule has 0 saturated carbocycles. The summed E-state index contributed by atoms with van der Waals surface area (Å²) in [5, 5.41) is 17.7. The van der Waals surface area contributed by atoms with Crippen molar-refractivity contribution in [3.8, 4) is 0 Å². The molecule has 3 nitrogen and oxygen atoms in total. The first-order chi connectivity index (χ1) is 4.79. The number of rotatable bonds is 2. The van der Waals surface area contributed by atoms with Crippen LogP contribution in [-0.4, -0.2) is 48.0 Å². The van der Waals surface area contributed by atoms with Gasteiger partial charge in [-0.1, -0.05) is 0 Å². The highest BCUT2D eigenvalue weighted by Gasteiger charge is 2.29. The van der Waals surface area contributed by atoms with Crippen LogP contribution in [0.5, 0.6) is 0 Å². The van der Waals surface area contributed by atoms with Crippen LogP contribution in [0.25, 0.3) is 0 Å². The fraction of sp³-hybridized carbons (Fsp3) is 1.00. The summed E-state index contributed by atoms with van der Waals surface area (Å²) in [5.41, 5.74) is 0. The molecule has 0 spiro atoms. The van der Waals surface area contributed by atoms with Crippen LogP contribution in [0.15, 0.2) is 0 Å². The Labute approximate surface area is 61.3 Å². The maximum absolute atomic E-state index is 8.89. The Bertz CT molecular complexity index is 108. The predicted molar refractivity (Wildman–Crippen MR) is 38.7 cm³/mol. The van der Waals surface area contributed by atoms with Crippen LogP contribution < -0.4 is 0 Å². The van der Waals surface area contributed by atoms with Gasteiger partial charge in [-0.25, -0.2) is 0 Å². The minimum Gasteiger partial charge on any atom is -0.396 e. The average molecular weight is 145 g/mol. The molecule has 1 rings (SSSR count). The average Bonchev–Trinajstić information content (AvgIpc) is 2.30. The molecule has 0 bridgehead atoms. The second-order valence-electron chi connectivity index (χ2n) is 2.96. The SMILES string of the molecule is CN1CCC(CO)C1CO. The molecule has 1 aliphatic rings. The molecule has 1 fully saturated rings. The number of nitrogens with zero attached hydrogens (tertiary/aromatic N) is 1. The molecule has 3 heteroatoms. The molecule has 0 aromatic carbocycles. The molecule has 0 aliphatic carbocycles. The van der Waals surface area contributed by atoms with E-state index in [9.17, 15) is 0 Å². The molecule has 0 aromatic heterocycles. The monoisotopic (exact) mass is 145 g/mol. The van der Waals surface area contributed by atoms with Gasteiger partial charge in [0.2, 0.25) is 0 Å². The van der Waals surface area contributed by atoms with Crippen molar-refractivity contribution < 1.29 is 10.2 Å². The Morgan fingerprint density at radius 3 is 2.50 bits per heavy atom. The molecular weight excluding hydrogens is 130 g/mol. The van der Waals surface area contributed by atoms with Gasteiger partial charge in [0.25, 0.3) is 0 Å². The van der Waals surface area contributed by atoms with Crippen molar-refractivity contribution in [3.63, 3.8) is 0 Å². The number of hydrogen-bond acceptors (Lipinski definition) is 3. The maximum atomic E-state index is 8.89. The summed E-state index contributed by atoms with van der Waals surface area (Å²) in [5.74, 6) is 0.287. The smallest absolute Gasteiger partial charge is 0.0590 e. The van der Waals surface area contributed by atoms with E-state index in [0.29, 0.717) is 0 Å². The number of aliphatic hydroxyl groups excluding tert-OH is 2. The minimum atomic E-state index is 0.168. The topological polar surface area (TPSA) is 43.7 Å². The third-order valence-electron chi connectivity index (χ3n) is 2.38. The van der Waals surface area contributed by atoms with Crippen LogP contribution in [-0.2, 0) is 0 Å². The zero-order chi connectivity index (χ0) is 7.56. The Morgan fingerprint density at radius 2 is 2.10 bits per heavy atom. The summed E-state index contributed by atoms with van der Waals surface area (Å²) in [6.07, 6.45) is 1.01. The van der Waals surface area contributed by atoms with Crippen LogP contribution in [0.2, 0.25) is 0 Å². The van der Waals surface area contributed by atoms with Gasteiger partial charge in [0.05, 0.1) is 6.61 Å². The lowest BCUT2D eigenvalue weighted by Gasteiger charge is -2.20. The summed E-state index contributed by atoms with van der Waals surface area (Å²) in [6, 6.07) is 0.185. The van der Waals surface area contributed by atoms with Crippen molar-refractivity contribution in [2.45, 2.75) is 12.5 Å². The summed E-state index contributed by atoms with van der Waals surface area (Å²) in [4.78, 5) is 2.10. The third-order valence-corrected chi connectivity index (χ3v) is 2.38. The second kappa shape index (κ2) is 3.32. The highest BCUT2D eigenvalue weighted by molar-refractivity contribution is 4.83. The lowest BCUT2D eigenvalue weighted by Crippen LogP contribution is -2.33. The molecule has 1 saturated heterocycles. The molecule has 0 aromatic rings. The lowest BCUT2D eigenvalue weighted by molar-refractivity contribution is 0.122. The first-order valence-electron chi connectivity index (χ1n) is 3.71. The lowest BCUT2D eigenvalue weighted by atomic mass is 10.0. The van der Waals surface area contributed by atoms with E-state index < -0.39 is 0 Å². The largest absolute Gasteiger partial charge is 0.396 e. The third kappa shape index (κ3) is 1.31. The van der Waals surface area contributed by atoms with E-state index in [0.717, 1.165) is 13.0 Å². The Balaban J connectivity index is 2.45. The van der Waals surface area contributed by atoms with Crippen molar-refractivity contribution in [1.29, 1.82) is 0 Å². The van der Waals surface area contributed by atoms with E-state index in [1.165, 1.54) is 0 Å². The van der Waals surface area contributed by atoms with Crippen molar-refractivity contribution in [1.82, 2.24) is 4.90 Å². The Morgan fingerprint density at radius 1 is 1.40 bits per heavy atom. The van der Waals surface area contributed by atoms with Gasteiger partial charge in [0, 0.05) is 18.6 Å². The van der Waals surface area contributed by atoms with Crippen molar-refractivity contribution >= 4 is 0 Å². The summed E-state index contributed by atoms with van der Waals surface area (Å²) >= 11 is 0. The van der Waals surface area contributed by atoms with Crippen molar-refractivity contribution in [2.24, 2.45) is 5.92 Å². The maximum Gasteiger partial charge on any atom is 0.0590 e. The molecule has 2 atom stereocenters. The standard InChI is InChI=1S/C7H15NO2/c1-8-3-2-6(4-9)7(8)5-10/h6-7,9-10H,2-5H2,1H3. The van der Waals surface area contributed by atoms with Crippen LogP contribution >= 0.6 is 0 Å². The quantitative estimate of drug-likeness (QED) is 0.539. The van der Waals surface area contributed by atoms with Gasteiger partial charge in [-0.05, 0) is 20.0 Å². The van der Waals surface area contributed by atoms with E-state index >= 15 is 0 Å². The number of likely N-dealkylation sites (tertiary alicyclic amines) is 1. The molecule has 0 radical (unpaired) electrons.